The van der Waals surface area contributed by atoms with Gasteiger partial charge in [0, 0.05) is 5.92 Å². The van der Waals surface area contributed by atoms with Crippen LogP contribution in [0.5, 0.6) is 0 Å². The van der Waals surface area contributed by atoms with Gasteiger partial charge in [-0.15, -0.1) is 9.24 Å². The van der Waals surface area contributed by atoms with Crippen molar-refractivity contribution >= 4 is 9.24 Å². The van der Waals surface area contributed by atoms with E-state index >= 15 is 0 Å². The zero-order valence-electron chi connectivity index (χ0n) is 6.31. The van der Waals surface area contributed by atoms with Gasteiger partial charge in [0.2, 0.25) is 0 Å². The molecule has 1 heterocycles. The molecule has 1 unspecified atom stereocenters. The van der Waals surface area contributed by atoms with Crippen molar-refractivity contribution in [3.05, 3.63) is 0 Å². The molecule has 2 fully saturated rings. The average Bonchev–Trinajstić information content (AvgIpc) is 2.68. The van der Waals surface area contributed by atoms with Gasteiger partial charge in [-0.05, 0) is 18.8 Å². The van der Waals surface area contributed by atoms with Crippen molar-refractivity contribution < 1.29 is 9.84 Å². The molecule has 11 heavy (non-hydrogen) atoms. The van der Waals surface area contributed by atoms with E-state index in [-0.39, 0.29) is 11.9 Å². The zero-order valence-corrected chi connectivity index (χ0v) is 7.47. The fourth-order valence-electron chi connectivity index (χ4n) is 1.82. The fourth-order valence-corrected chi connectivity index (χ4v) is 2.55. The molecular formula is C7H14NO2P. The van der Waals surface area contributed by atoms with Crippen LogP contribution in [-0.4, -0.2) is 23.3 Å². The van der Waals surface area contributed by atoms with Gasteiger partial charge in [0.05, 0.1) is 11.9 Å². The third-order valence-corrected chi connectivity index (χ3v) is 3.22. The molecule has 5 atom stereocenters. The Bertz CT molecular complexity index is 163. The third-order valence-electron chi connectivity index (χ3n) is 2.62. The van der Waals surface area contributed by atoms with Gasteiger partial charge in [-0.2, -0.15) is 0 Å². The van der Waals surface area contributed by atoms with E-state index in [0.29, 0.717) is 11.8 Å². The van der Waals surface area contributed by atoms with E-state index in [4.69, 9.17) is 10.5 Å². The van der Waals surface area contributed by atoms with Gasteiger partial charge in [-0.25, -0.2) is 0 Å². The molecule has 4 heteroatoms. The van der Waals surface area contributed by atoms with Crippen LogP contribution < -0.4 is 5.73 Å². The second kappa shape index (κ2) is 2.67. The van der Waals surface area contributed by atoms with Crippen molar-refractivity contribution in [3.63, 3.8) is 0 Å². The Kier molecular flexibility index (Phi) is 1.92. The van der Waals surface area contributed by atoms with Gasteiger partial charge in [0.1, 0.15) is 0 Å². The molecule has 3 N–H and O–H groups in total. The van der Waals surface area contributed by atoms with E-state index < -0.39 is 6.29 Å². The molecular weight excluding hydrogens is 161 g/mol. The molecule has 64 valence electrons. The molecule has 3 nitrogen and oxygen atoms in total. The number of hydrogen-bond donors (Lipinski definition) is 2. The van der Waals surface area contributed by atoms with Crippen LogP contribution in [0, 0.1) is 11.8 Å². The first-order valence-electron chi connectivity index (χ1n) is 4.05. The topological polar surface area (TPSA) is 55.5 Å². The molecule has 0 aromatic heterocycles. The van der Waals surface area contributed by atoms with E-state index in [1.807, 2.05) is 0 Å². The van der Waals surface area contributed by atoms with E-state index in [9.17, 15) is 5.11 Å². The summed E-state index contributed by atoms with van der Waals surface area (Å²) >= 11 is 0. The van der Waals surface area contributed by atoms with Crippen molar-refractivity contribution in [2.75, 3.05) is 0 Å². The molecule has 2 rings (SSSR count). The Balaban J connectivity index is 2.05. The highest BCUT2D eigenvalue weighted by molar-refractivity contribution is 7.17. The summed E-state index contributed by atoms with van der Waals surface area (Å²) in [5.41, 5.74) is 5.77. The molecule has 1 saturated heterocycles. The summed E-state index contributed by atoms with van der Waals surface area (Å²) in [6, 6.07) is -0.176. The lowest BCUT2D eigenvalue weighted by atomic mass is 9.98. The van der Waals surface area contributed by atoms with Crippen LogP contribution in [0.25, 0.3) is 0 Å². The fraction of sp³-hybridized carbons (Fsp3) is 1.00. The predicted molar refractivity (Wildman–Crippen MR) is 44.8 cm³/mol. The first-order valence-corrected chi connectivity index (χ1v) is 4.71. The summed E-state index contributed by atoms with van der Waals surface area (Å²) in [7, 11) is 2.61. The molecule has 0 aromatic carbocycles. The molecule has 2 aliphatic rings. The van der Waals surface area contributed by atoms with E-state index in [1.54, 1.807) is 0 Å². The Morgan fingerprint density at radius 2 is 2.09 bits per heavy atom. The molecule has 1 aliphatic carbocycles. The van der Waals surface area contributed by atoms with Gasteiger partial charge in [0.25, 0.3) is 0 Å². The predicted octanol–water partition coefficient (Wildman–Crippen LogP) is -0.110. The zero-order chi connectivity index (χ0) is 8.01. The van der Waals surface area contributed by atoms with Gasteiger partial charge in [-0.1, -0.05) is 0 Å². The summed E-state index contributed by atoms with van der Waals surface area (Å²) in [5.74, 6) is 1.12. The molecule has 0 amide bonds. The third kappa shape index (κ3) is 1.31. The van der Waals surface area contributed by atoms with Crippen molar-refractivity contribution in [1.29, 1.82) is 0 Å². The quantitative estimate of drug-likeness (QED) is 0.547. The monoisotopic (exact) mass is 175 g/mol. The van der Waals surface area contributed by atoms with E-state index in [0.717, 1.165) is 0 Å². The van der Waals surface area contributed by atoms with Crippen LogP contribution in [0.4, 0.5) is 0 Å². The largest absolute Gasteiger partial charge is 0.367 e. The van der Waals surface area contributed by atoms with Gasteiger partial charge < -0.3 is 15.6 Å². The summed E-state index contributed by atoms with van der Waals surface area (Å²) in [6.07, 6.45) is 1.75. The lowest BCUT2D eigenvalue weighted by Crippen LogP contribution is -2.36. The van der Waals surface area contributed by atoms with Crippen molar-refractivity contribution in [2.45, 2.75) is 31.0 Å². The molecule has 1 saturated carbocycles. The molecule has 1 aliphatic heterocycles. The Hall–Kier alpha value is 0.310. The summed E-state index contributed by atoms with van der Waals surface area (Å²) in [5, 5.41) is 9.25. The van der Waals surface area contributed by atoms with Crippen LogP contribution in [-0.2, 0) is 4.74 Å². The maximum absolute atomic E-state index is 9.25. The van der Waals surface area contributed by atoms with Crippen LogP contribution >= 0.6 is 9.24 Å². The Labute approximate surface area is 68.5 Å². The van der Waals surface area contributed by atoms with Crippen LogP contribution in [0.1, 0.15) is 12.8 Å². The highest BCUT2D eigenvalue weighted by Crippen LogP contribution is 2.46. The first-order chi connectivity index (χ1) is 5.20. The number of rotatable bonds is 1. The van der Waals surface area contributed by atoms with Gasteiger partial charge in [-0.3, -0.25) is 0 Å². The highest BCUT2D eigenvalue weighted by Gasteiger charge is 2.47. The van der Waals surface area contributed by atoms with Crippen LogP contribution in [0.2, 0.25) is 0 Å². The van der Waals surface area contributed by atoms with Crippen molar-refractivity contribution in [2.24, 2.45) is 17.6 Å². The number of hydrogen-bond acceptors (Lipinski definition) is 3. The lowest BCUT2D eigenvalue weighted by Gasteiger charge is -2.15. The smallest absolute Gasteiger partial charge is 0.170 e. The van der Waals surface area contributed by atoms with Crippen molar-refractivity contribution in [3.8, 4) is 0 Å². The van der Waals surface area contributed by atoms with E-state index in [2.05, 4.69) is 9.24 Å². The minimum absolute atomic E-state index is 0.0625. The summed E-state index contributed by atoms with van der Waals surface area (Å²) in [4.78, 5) is 0. The van der Waals surface area contributed by atoms with Gasteiger partial charge in [0.15, 0.2) is 6.29 Å². The Morgan fingerprint density at radius 1 is 1.45 bits per heavy atom. The van der Waals surface area contributed by atoms with Crippen LogP contribution in [0.3, 0.4) is 0 Å². The summed E-state index contributed by atoms with van der Waals surface area (Å²) < 4.78 is 5.18. The standard InChI is InChI=1S/C7H14NO2P/c8-5-4(3-1-2-3)7(11)10-6(5)9/h3-7,9H,1-2,8,11H2/t4-,5+,6+,7+/m0/s1. The second-order valence-corrected chi connectivity index (χ2v) is 4.14. The second-order valence-electron chi connectivity index (χ2n) is 3.48. The van der Waals surface area contributed by atoms with Crippen LogP contribution in [0.15, 0.2) is 0 Å². The SMILES string of the molecule is N[C@@H]1[C@H](C2CC2)[C@@H](P)O[C@H]1O. The number of aliphatic hydroxyl groups excluding tert-OH is 1. The molecule has 0 aromatic rings. The molecule has 0 radical (unpaired) electrons. The number of aliphatic hydroxyl groups is 1. The summed E-state index contributed by atoms with van der Waals surface area (Å²) in [6.45, 7) is 0. The number of ether oxygens (including phenoxy) is 1. The average molecular weight is 175 g/mol. The molecule has 0 spiro atoms. The first kappa shape index (κ1) is 7.93. The molecule has 0 bridgehead atoms. The highest BCUT2D eigenvalue weighted by atomic mass is 31.0. The minimum atomic E-state index is -0.747. The number of nitrogens with two attached hydrogens (primary N) is 1. The lowest BCUT2D eigenvalue weighted by molar-refractivity contribution is -0.0752. The van der Waals surface area contributed by atoms with E-state index in [1.165, 1.54) is 12.8 Å². The normalized spacial score (nSPS) is 51.5. The Morgan fingerprint density at radius 3 is 2.45 bits per heavy atom. The van der Waals surface area contributed by atoms with Gasteiger partial charge >= 0.3 is 0 Å². The maximum Gasteiger partial charge on any atom is 0.170 e. The van der Waals surface area contributed by atoms with Crippen molar-refractivity contribution in [1.82, 2.24) is 0 Å². The minimum Gasteiger partial charge on any atom is -0.367 e. The maximum atomic E-state index is 9.25.